The third-order valence-corrected chi connectivity index (χ3v) is 3.27. The summed E-state index contributed by atoms with van der Waals surface area (Å²) in [6, 6.07) is 5.27. The highest BCUT2D eigenvalue weighted by Gasteiger charge is 2.11. The van der Waals surface area contributed by atoms with E-state index in [0.29, 0.717) is 22.4 Å². The molecular formula is C12H11Cl2NO2. The SMILES string of the molecule is Cc1noc(C)c1COc1cccc(Cl)c1Cl. The van der Waals surface area contributed by atoms with Gasteiger partial charge in [0.15, 0.2) is 0 Å². The average Bonchev–Trinajstić information content (AvgIpc) is 2.62. The minimum Gasteiger partial charge on any atom is -0.487 e. The van der Waals surface area contributed by atoms with Crippen molar-refractivity contribution in [1.82, 2.24) is 5.16 Å². The standard InChI is InChI=1S/C12H11Cl2NO2/c1-7-9(8(2)17-15-7)6-16-11-5-3-4-10(13)12(11)14/h3-5H,6H2,1-2H3. The lowest BCUT2D eigenvalue weighted by atomic mass is 10.2. The van der Waals surface area contributed by atoms with Gasteiger partial charge in [-0.25, -0.2) is 0 Å². The van der Waals surface area contributed by atoms with Crippen LogP contribution in [-0.2, 0) is 6.61 Å². The number of rotatable bonds is 3. The molecule has 0 saturated heterocycles. The molecule has 3 nitrogen and oxygen atoms in total. The van der Waals surface area contributed by atoms with Crippen LogP contribution in [0.2, 0.25) is 10.0 Å². The molecule has 0 N–H and O–H groups in total. The summed E-state index contributed by atoms with van der Waals surface area (Å²) >= 11 is 11.9. The summed E-state index contributed by atoms with van der Waals surface area (Å²) in [5, 5.41) is 4.75. The predicted molar refractivity (Wildman–Crippen MR) is 66.8 cm³/mol. The van der Waals surface area contributed by atoms with Crippen molar-refractivity contribution in [3.8, 4) is 5.75 Å². The number of halogens is 2. The van der Waals surface area contributed by atoms with Gasteiger partial charge in [-0.2, -0.15) is 0 Å². The maximum Gasteiger partial charge on any atom is 0.140 e. The molecule has 0 unspecified atom stereocenters. The van der Waals surface area contributed by atoms with Gasteiger partial charge < -0.3 is 9.26 Å². The lowest BCUT2D eigenvalue weighted by molar-refractivity contribution is 0.302. The lowest BCUT2D eigenvalue weighted by Crippen LogP contribution is -1.98. The summed E-state index contributed by atoms with van der Waals surface area (Å²) in [7, 11) is 0. The highest BCUT2D eigenvalue weighted by Crippen LogP contribution is 2.32. The van der Waals surface area contributed by atoms with Crippen LogP contribution in [0.3, 0.4) is 0 Å². The minimum atomic E-state index is 0.362. The summed E-state index contributed by atoms with van der Waals surface area (Å²) in [6.07, 6.45) is 0. The van der Waals surface area contributed by atoms with E-state index in [2.05, 4.69) is 5.16 Å². The van der Waals surface area contributed by atoms with E-state index in [9.17, 15) is 0 Å². The quantitative estimate of drug-likeness (QED) is 0.840. The molecule has 17 heavy (non-hydrogen) atoms. The Bertz CT molecular complexity index is 518. The second-order valence-corrected chi connectivity index (χ2v) is 4.43. The van der Waals surface area contributed by atoms with Crippen LogP contribution in [0.15, 0.2) is 22.7 Å². The highest BCUT2D eigenvalue weighted by atomic mass is 35.5. The topological polar surface area (TPSA) is 35.3 Å². The van der Waals surface area contributed by atoms with Crippen LogP contribution in [0.1, 0.15) is 17.0 Å². The summed E-state index contributed by atoms with van der Waals surface area (Å²) in [4.78, 5) is 0. The number of hydrogen-bond donors (Lipinski definition) is 0. The van der Waals surface area contributed by atoms with Gasteiger partial charge in [-0.3, -0.25) is 0 Å². The molecule has 5 heteroatoms. The fraction of sp³-hybridized carbons (Fsp3) is 0.250. The smallest absolute Gasteiger partial charge is 0.140 e. The molecule has 0 radical (unpaired) electrons. The monoisotopic (exact) mass is 271 g/mol. The highest BCUT2D eigenvalue weighted by molar-refractivity contribution is 6.42. The molecular weight excluding hydrogens is 261 g/mol. The van der Waals surface area contributed by atoms with Crippen LogP contribution in [0.5, 0.6) is 5.75 Å². The van der Waals surface area contributed by atoms with Gasteiger partial charge >= 0.3 is 0 Å². The van der Waals surface area contributed by atoms with E-state index in [-0.39, 0.29) is 0 Å². The van der Waals surface area contributed by atoms with Crippen LogP contribution in [0.4, 0.5) is 0 Å². The minimum absolute atomic E-state index is 0.362. The number of aromatic nitrogens is 1. The Kier molecular flexibility index (Phi) is 3.60. The molecule has 0 atom stereocenters. The van der Waals surface area contributed by atoms with Gasteiger partial charge in [0.1, 0.15) is 23.1 Å². The molecule has 0 fully saturated rings. The van der Waals surface area contributed by atoms with Gasteiger partial charge in [-0.15, -0.1) is 0 Å². The number of hydrogen-bond acceptors (Lipinski definition) is 3. The molecule has 0 saturated carbocycles. The molecule has 0 aliphatic rings. The third kappa shape index (κ3) is 2.56. The molecule has 0 bridgehead atoms. The summed E-state index contributed by atoms with van der Waals surface area (Å²) in [6.45, 7) is 4.08. The summed E-state index contributed by atoms with van der Waals surface area (Å²) in [5.41, 5.74) is 1.75. The zero-order valence-corrected chi connectivity index (χ0v) is 11.0. The molecule has 2 rings (SSSR count). The van der Waals surface area contributed by atoms with E-state index < -0.39 is 0 Å². The maximum atomic E-state index is 6.02. The fourth-order valence-electron chi connectivity index (χ4n) is 1.45. The number of aryl methyl sites for hydroxylation is 2. The van der Waals surface area contributed by atoms with E-state index in [1.807, 2.05) is 13.8 Å². The van der Waals surface area contributed by atoms with Gasteiger partial charge in [0.05, 0.1) is 16.3 Å². The second-order valence-electron chi connectivity index (χ2n) is 3.64. The van der Waals surface area contributed by atoms with Crippen LogP contribution >= 0.6 is 23.2 Å². The molecule has 0 spiro atoms. The zero-order valence-electron chi connectivity index (χ0n) is 9.46. The van der Waals surface area contributed by atoms with Crippen molar-refractivity contribution in [3.63, 3.8) is 0 Å². The largest absolute Gasteiger partial charge is 0.487 e. The van der Waals surface area contributed by atoms with E-state index in [4.69, 9.17) is 32.5 Å². The fourth-order valence-corrected chi connectivity index (χ4v) is 1.80. The summed E-state index contributed by atoms with van der Waals surface area (Å²) < 4.78 is 10.7. The van der Waals surface area contributed by atoms with Gasteiger partial charge in [0.25, 0.3) is 0 Å². The average molecular weight is 272 g/mol. The first kappa shape index (κ1) is 12.3. The van der Waals surface area contributed by atoms with Crippen molar-refractivity contribution < 1.29 is 9.26 Å². The van der Waals surface area contributed by atoms with Crippen molar-refractivity contribution in [1.29, 1.82) is 0 Å². The van der Waals surface area contributed by atoms with Gasteiger partial charge in [-0.1, -0.05) is 34.4 Å². The normalized spacial score (nSPS) is 10.6. The van der Waals surface area contributed by atoms with Gasteiger partial charge in [0.2, 0.25) is 0 Å². The van der Waals surface area contributed by atoms with E-state index in [1.54, 1.807) is 18.2 Å². The Hall–Kier alpha value is -1.19. The van der Waals surface area contributed by atoms with Crippen molar-refractivity contribution in [3.05, 3.63) is 45.3 Å². The Balaban J connectivity index is 2.15. The number of ether oxygens (including phenoxy) is 1. The van der Waals surface area contributed by atoms with E-state index in [1.165, 1.54) is 0 Å². The Morgan fingerprint density at radius 2 is 2.06 bits per heavy atom. The first-order valence-corrected chi connectivity index (χ1v) is 5.83. The van der Waals surface area contributed by atoms with Crippen LogP contribution in [0, 0.1) is 13.8 Å². The Morgan fingerprint density at radius 1 is 1.29 bits per heavy atom. The first-order valence-electron chi connectivity index (χ1n) is 5.08. The first-order chi connectivity index (χ1) is 8.09. The zero-order chi connectivity index (χ0) is 12.4. The van der Waals surface area contributed by atoms with Crippen molar-refractivity contribution in [2.24, 2.45) is 0 Å². The second kappa shape index (κ2) is 4.98. The van der Waals surface area contributed by atoms with Gasteiger partial charge in [-0.05, 0) is 26.0 Å². The summed E-state index contributed by atoms with van der Waals surface area (Å²) in [5.74, 6) is 1.31. The lowest BCUT2D eigenvalue weighted by Gasteiger charge is -2.08. The van der Waals surface area contributed by atoms with Crippen LogP contribution in [-0.4, -0.2) is 5.16 Å². The third-order valence-electron chi connectivity index (χ3n) is 2.47. The van der Waals surface area contributed by atoms with E-state index in [0.717, 1.165) is 17.0 Å². The molecule has 1 aromatic carbocycles. The molecule has 90 valence electrons. The Labute approximate surface area is 109 Å². The van der Waals surface area contributed by atoms with Crippen LogP contribution in [0.25, 0.3) is 0 Å². The number of benzene rings is 1. The van der Waals surface area contributed by atoms with Crippen molar-refractivity contribution >= 4 is 23.2 Å². The van der Waals surface area contributed by atoms with Crippen LogP contribution < -0.4 is 4.74 Å². The number of nitrogens with zero attached hydrogens (tertiary/aromatic N) is 1. The van der Waals surface area contributed by atoms with E-state index >= 15 is 0 Å². The van der Waals surface area contributed by atoms with Crippen molar-refractivity contribution in [2.75, 3.05) is 0 Å². The van der Waals surface area contributed by atoms with Crippen molar-refractivity contribution in [2.45, 2.75) is 20.5 Å². The Morgan fingerprint density at radius 3 is 2.71 bits per heavy atom. The molecule has 2 aromatic rings. The predicted octanol–water partition coefficient (Wildman–Crippen LogP) is 4.18. The molecule has 0 aliphatic carbocycles. The molecule has 1 heterocycles. The van der Waals surface area contributed by atoms with Gasteiger partial charge in [0, 0.05) is 0 Å². The molecule has 1 aromatic heterocycles. The molecule has 0 amide bonds. The molecule has 0 aliphatic heterocycles. The maximum absolute atomic E-state index is 6.02.